The summed E-state index contributed by atoms with van der Waals surface area (Å²) in [6, 6.07) is 10.9. The highest BCUT2D eigenvalue weighted by Crippen LogP contribution is 2.35. The van der Waals surface area contributed by atoms with Crippen LogP contribution in [0.1, 0.15) is 32.1 Å². The van der Waals surface area contributed by atoms with Crippen LogP contribution < -0.4 is 10.1 Å². The quantitative estimate of drug-likeness (QED) is 0.830. The van der Waals surface area contributed by atoms with Crippen LogP contribution in [0.5, 0.6) is 5.75 Å². The highest BCUT2D eigenvalue weighted by molar-refractivity contribution is 5.20. The first-order chi connectivity index (χ1) is 9.86. The lowest BCUT2D eigenvalue weighted by atomic mass is 9.77. The fourth-order valence-corrected chi connectivity index (χ4v) is 2.87. The van der Waals surface area contributed by atoms with E-state index in [-0.39, 0.29) is 0 Å². The molecule has 1 aliphatic carbocycles. The van der Waals surface area contributed by atoms with Crippen LogP contribution in [0.4, 0.5) is 0 Å². The summed E-state index contributed by atoms with van der Waals surface area (Å²) in [4.78, 5) is 0. The Bertz CT molecular complexity index is 397. The summed E-state index contributed by atoms with van der Waals surface area (Å²) in [5, 5.41) is 3.70. The Morgan fingerprint density at radius 1 is 1.15 bits per heavy atom. The van der Waals surface area contributed by atoms with E-state index in [1.807, 2.05) is 30.3 Å². The van der Waals surface area contributed by atoms with Crippen LogP contribution >= 0.6 is 0 Å². The van der Waals surface area contributed by atoms with E-state index in [1.54, 1.807) is 0 Å². The first kappa shape index (κ1) is 13.9. The van der Waals surface area contributed by atoms with Gasteiger partial charge in [-0.1, -0.05) is 18.2 Å². The Hall–Kier alpha value is -1.06. The molecule has 1 saturated heterocycles. The van der Waals surface area contributed by atoms with Crippen molar-refractivity contribution >= 4 is 0 Å². The largest absolute Gasteiger partial charge is 0.494 e. The number of hydrogen-bond acceptors (Lipinski definition) is 3. The zero-order chi connectivity index (χ0) is 13.7. The predicted octanol–water partition coefficient (Wildman–Crippen LogP) is 3.00. The van der Waals surface area contributed by atoms with E-state index in [9.17, 15) is 0 Å². The summed E-state index contributed by atoms with van der Waals surface area (Å²) in [6.45, 7) is 3.73. The first-order valence-corrected chi connectivity index (χ1v) is 7.85. The second-order valence-electron chi connectivity index (χ2n) is 6.18. The van der Waals surface area contributed by atoms with E-state index in [0.29, 0.717) is 5.41 Å². The molecule has 2 fully saturated rings. The summed E-state index contributed by atoms with van der Waals surface area (Å²) in [5.74, 6) is 0.977. The highest BCUT2D eigenvalue weighted by atomic mass is 16.5. The van der Waals surface area contributed by atoms with Gasteiger partial charge in [-0.3, -0.25) is 0 Å². The van der Waals surface area contributed by atoms with Crippen molar-refractivity contribution in [1.82, 2.24) is 5.32 Å². The molecule has 0 bridgehead atoms. The molecule has 0 spiro atoms. The number of ether oxygens (including phenoxy) is 2. The molecule has 0 aromatic heterocycles. The van der Waals surface area contributed by atoms with Gasteiger partial charge in [-0.05, 0) is 49.7 Å². The molecule has 1 saturated carbocycles. The van der Waals surface area contributed by atoms with Gasteiger partial charge in [-0.2, -0.15) is 0 Å². The molecule has 0 unspecified atom stereocenters. The van der Waals surface area contributed by atoms with Gasteiger partial charge >= 0.3 is 0 Å². The average Bonchev–Trinajstić information content (AvgIpc) is 3.32. The Morgan fingerprint density at radius 2 is 1.90 bits per heavy atom. The fourth-order valence-electron chi connectivity index (χ4n) is 2.87. The maximum Gasteiger partial charge on any atom is 0.119 e. The van der Waals surface area contributed by atoms with E-state index in [4.69, 9.17) is 9.47 Å². The van der Waals surface area contributed by atoms with Crippen molar-refractivity contribution in [2.75, 3.05) is 26.4 Å². The van der Waals surface area contributed by atoms with E-state index in [0.717, 1.165) is 57.4 Å². The van der Waals surface area contributed by atoms with Gasteiger partial charge in [0.2, 0.25) is 0 Å². The van der Waals surface area contributed by atoms with Gasteiger partial charge in [-0.15, -0.1) is 0 Å². The molecule has 2 aliphatic rings. The lowest BCUT2D eigenvalue weighted by Gasteiger charge is -2.37. The Labute approximate surface area is 121 Å². The third kappa shape index (κ3) is 3.97. The fraction of sp³-hybridized carbons (Fsp3) is 0.647. The number of hydrogen-bond donors (Lipinski definition) is 1. The molecule has 0 radical (unpaired) electrons. The van der Waals surface area contributed by atoms with Crippen molar-refractivity contribution in [2.24, 2.45) is 5.41 Å². The smallest absolute Gasteiger partial charge is 0.119 e. The van der Waals surface area contributed by atoms with Gasteiger partial charge in [0.05, 0.1) is 6.61 Å². The van der Waals surface area contributed by atoms with E-state index in [1.165, 1.54) is 12.8 Å². The number of benzene rings is 1. The van der Waals surface area contributed by atoms with E-state index in [2.05, 4.69) is 5.32 Å². The van der Waals surface area contributed by atoms with Crippen molar-refractivity contribution in [2.45, 2.75) is 38.1 Å². The van der Waals surface area contributed by atoms with Gasteiger partial charge in [-0.25, -0.2) is 0 Å². The van der Waals surface area contributed by atoms with Crippen molar-refractivity contribution < 1.29 is 9.47 Å². The molecular weight excluding hydrogens is 250 g/mol. The molecule has 1 heterocycles. The van der Waals surface area contributed by atoms with Gasteiger partial charge in [0.1, 0.15) is 5.75 Å². The van der Waals surface area contributed by atoms with Gasteiger partial charge in [0.15, 0.2) is 0 Å². The minimum Gasteiger partial charge on any atom is -0.494 e. The molecule has 1 N–H and O–H groups in total. The lowest BCUT2D eigenvalue weighted by Crippen LogP contribution is -2.41. The molecule has 3 nitrogen and oxygen atoms in total. The maximum absolute atomic E-state index is 5.89. The Morgan fingerprint density at radius 3 is 2.60 bits per heavy atom. The van der Waals surface area contributed by atoms with Crippen LogP contribution in [0, 0.1) is 5.41 Å². The summed E-state index contributed by atoms with van der Waals surface area (Å²) in [6.07, 6.45) is 6.14. The Balaban J connectivity index is 1.49. The lowest BCUT2D eigenvalue weighted by molar-refractivity contribution is 0.00406. The molecule has 20 heavy (non-hydrogen) atoms. The Kier molecular flexibility index (Phi) is 4.58. The van der Waals surface area contributed by atoms with Crippen LogP contribution in [-0.2, 0) is 4.74 Å². The van der Waals surface area contributed by atoms with Crippen LogP contribution in [0.2, 0.25) is 0 Å². The monoisotopic (exact) mass is 275 g/mol. The third-order valence-corrected chi connectivity index (χ3v) is 4.54. The number of para-hydroxylation sites is 1. The van der Waals surface area contributed by atoms with Crippen LogP contribution in [0.3, 0.4) is 0 Å². The standard InChI is InChI=1S/C17H25NO2/c1-2-4-16(5-3-1)20-13-10-17(8-11-19-12-9-17)14-18-15-6-7-15/h1-5,15,18H,6-14H2. The zero-order valence-electron chi connectivity index (χ0n) is 12.1. The molecule has 1 aromatic carbocycles. The van der Waals surface area contributed by atoms with E-state index < -0.39 is 0 Å². The zero-order valence-corrected chi connectivity index (χ0v) is 12.1. The normalized spacial score (nSPS) is 21.6. The van der Waals surface area contributed by atoms with Crippen molar-refractivity contribution in [3.63, 3.8) is 0 Å². The second kappa shape index (κ2) is 6.59. The summed E-state index contributed by atoms with van der Waals surface area (Å²) < 4.78 is 11.4. The SMILES string of the molecule is c1ccc(OCCC2(CNC3CC3)CCOCC2)cc1. The predicted molar refractivity (Wildman–Crippen MR) is 80.1 cm³/mol. The number of rotatable bonds is 7. The molecule has 3 rings (SSSR count). The summed E-state index contributed by atoms with van der Waals surface area (Å²) in [7, 11) is 0. The third-order valence-electron chi connectivity index (χ3n) is 4.54. The first-order valence-electron chi connectivity index (χ1n) is 7.85. The van der Waals surface area contributed by atoms with E-state index >= 15 is 0 Å². The topological polar surface area (TPSA) is 30.5 Å². The van der Waals surface area contributed by atoms with Crippen LogP contribution in [0.25, 0.3) is 0 Å². The van der Waals surface area contributed by atoms with Crippen molar-refractivity contribution in [3.05, 3.63) is 30.3 Å². The number of nitrogens with one attached hydrogen (secondary N) is 1. The molecule has 1 aromatic rings. The van der Waals surface area contributed by atoms with Gasteiger partial charge in [0, 0.05) is 25.8 Å². The van der Waals surface area contributed by atoms with Crippen LogP contribution in [0.15, 0.2) is 30.3 Å². The molecule has 1 aliphatic heterocycles. The summed E-state index contributed by atoms with van der Waals surface area (Å²) >= 11 is 0. The minimum atomic E-state index is 0.371. The molecular formula is C17H25NO2. The maximum atomic E-state index is 5.89. The van der Waals surface area contributed by atoms with Crippen molar-refractivity contribution in [1.29, 1.82) is 0 Å². The molecule has 0 atom stereocenters. The molecule has 3 heteroatoms. The second-order valence-corrected chi connectivity index (χ2v) is 6.18. The molecule has 0 amide bonds. The highest BCUT2D eigenvalue weighted by Gasteiger charge is 2.34. The van der Waals surface area contributed by atoms with Crippen LogP contribution in [-0.4, -0.2) is 32.4 Å². The average molecular weight is 275 g/mol. The summed E-state index contributed by atoms with van der Waals surface area (Å²) in [5.41, 5.74) is 0.371. The minimum absolute atomic E-state index is 0.371. The van der Waals surface area contributed by atoms with Gasteiger partial charge in [0.25, 0.3) is 0 Å². The van der Waals surface area contributed by atoms with Crippen molar-refractivity contribution in [3.8, 4) is 5.75 Å². The van der Waals surface area contributed by atoms with Gasteiger partial charge < -0.3 is 14.8 Å². The molecule has 110 valence electrons.